The van der Waals surface area contributed by atoms with Crippen LogP contribution in [0, 0.1) is 0 Å². The molecule has 0 fully saturated rings. The molecule has 5 heteroatoms. The molecule has 0 bridgehead atoms. The highest BCUT2D eigenvalue weighted by molar-refractivity contribution is 6.69. The molecule has 96 valence electrons. The summed E-state index contributed by atoms with van der Waals surface area (Å²) < 4.78 is 1.73. The average Bonchev–Trinajstić information content (AvgIpc) is 2.75. The second-order valence-corrected chi connectivity index (χ2v) is 4.68. The molecule has 1 aliphatic rings. The summed E-state index contributed by atoms with van der Waals surface area (Å²) in [6.45, 7) is 3.63. The number of aryl methyl sites for hydroxylation is 1. The molecule has 1 aliphatic carbocycles. The van der Waals surface area contributed by atoms with Crippen LogP contribution in [0.25, 0.3) is 5.57 Å². The van der Waals surface area contributed by atoms with Gasteiger partial charge in [-0.3, -0.25) is 14.7 Å². The molecular formula is C13H17ClN4. The normalized spacial score (nSPS) is 16.6. The molecule has 18 heavy (non-hydrogen) atoms. The number of aromatic nitrogens is 2. The second-order valence-electron chi connectivity index (χ2n) is 4.32. The Bertz CT molecular complexity index is 525. The Hall–Kier alpha value is -1.42. The SMILES string of the molecule is C=Nc1c(C2=CCCCC2)nn(C)c1C(Cl)=NC. The number of nitrogens with zero attached hydrogens (tertiary/aromatic N) is 4. The van der Waals surface area contributed by atoms with Crippen molar-refractivity contribution < 1.29 is 0 Å². The highest BCUT2D eigenvalue weighted by Gasteiger charge is 2.21. The van der Waals surface area contributed by atoms with Crippen molar-refractivity contribution in [3.8, 4) is 0 Å². The van der Waals surface area contributed by atoms with Crippen molar-refractivity contribution >= 4 is 34.7 Å². The van der Waals surface area contributed by atoms with Crippen LogP contribution in [0.3, 0.4) is 0 Å². The first-order valence-electron chi connectivity index (χ1n) is 6.04. The minimum absolute atomic E-state index is 0.412. The number of halogens is 1. The summed E-state index contributed by atoms with van der Waals surface area (Å²) in [6.07, 6.45) is 6.83. The third-order valence-electron chi connectivity index (χ3n) is 3.17. The van der Waals surface area contributed by atoms with Crippen molar-refractivity contribution in [3.05, 3.63) is 17.5 Å². The van der Waals surface area contributed by atoms with Gasteiger partial charge in [-0.2, -0.15) is 5.10 Å². The lowest BCUT2D eigenvalue weighted by atomic mass is 9.96. The molecule has 0 N–H and O–H groups in total. The van der Waals surface area contributed by atoms with Gasteiger partial charge >= 0.3 is 0 Å². The molecule has 1 aromatic heterocycles. The smallest absolute Gasteiger partial charge is 0.151 e. The number of rotatable bonds is 3. The van der Waals surface area contributed by atoms with Gasteiger partial charge in [0.05, 0.1) is 0 Å². The van der Waals surface area contributed by atoms with Gasteiger partial charge < -0.3 is 0 Å². The van der Waals surface area contributed by atoms with Gasteiger partial charge in [0, 0.05) is 14.1 Å². The number of allylic oxidation sites excluding steroid dienone is 2. The molecule has 0 aliphatic heterocycles. The lowest BCUT2D eigenvalue weighted by molar-refractivity contribution is 0.726. The van der Waals surface area contributed by atoms with Gasteiger partial charge in [0.25, 0.3) is 0 Å². The van der Waals surface area contributed by atoms with E-state index in [1.54, 1.807) is 11.7 Å². The number of hydrogen-bond donors (Lipinski definition) is 0. The molecule has 1 heterocycles. The van der Waals surface area contributed by atoms with Gasteiger partial charge in [-0.25, -0.2) is 0 Å². The maximum absolute atomic E-state index is 6.11. The molecular weight excluding hydrogens is 248 g/mol. The summed E-state index contributed by atoms with van der Waals surface area (Å²) in [5.74, 6) is 0. The first kappa shape index (κ1) is 13.0. The van der Waals surface area contributed by atoms with Crippen LogP contribution >= 0.6 is 11.6 Å². The zero-order valence-corrected chi connectivity index (χ0v) is 11.5. The van der Waals surface area contributed by atoms with Crippen LogP contribution in [0.5, 0.6) is 0 Å². The largest absolute Gasteiger partial charge is 0.275 e. The van der Waals surface area contributed by atoms with Crippen LogP contribution < -0.4 is 0 Å². The van der Waals surface area contributed by atoms with Crippen LogP contribution in [0.2, 0.25) is 0 Å². The van der Waals surface area contributed by atoms with E-state index in [1.165, 1.54) is 18.4 Å². The first-order valence-corrected chi connectivity index (χ1v) is 6.42. The van der Waals surface area contributed by atoms with Gasteiger partial charge in [-0.15, -0.1) is 0 Å². The molecule has 0 saturated carbocycles. The van der Waals surface area contributed by atoms with Gasteiger partial charge in [-0.1, -0.05) is 17.7 Å². The predicted octanol–water partition coefficient (Wildman–Crippen LogP) is 3.32. The number of hydrogen-bond acceptors (Lipinski definition) is 3. The highest BCUT2D eigenvalue weighted by Crippen LogP contribution is 2.35. The molecule has 0 spiro atoms. The summed E-state index contributed by atoms with van der Waals surface area (Å²) in [6, 6.07) is 0. The van der Waals surface area contributed by atoms with Crippen LogP contribution in [0.15, 0.2) is 16.1 Å². The summed E-state index contributed by atoms with van der Waals surface area (Å²) in [4.78, 5) is 8.10. The van der Waals surface area contributed by atoms with Crippen LogP contribution in [0.1, 0.15) is 37.1 Å². The molecule has 0 amide bonds. The van der Waals surface area contributed by atoms with E-state index in [-0.39, 0.29) is 0 Å². The Balaban J connectivity index is 2.56. The first-order chi connectivity index (χ1) is 8.69. The predicted molar refractivity (Wildman–Crippen MR) is 77.2 cm³/mol. The molecule has 1 aromatic rings. The van der Waals surface area contributed by atoms with E-state index in [0.29, 0.717) is 5.17 Å². The lowest BCUT2D eigenvalue weighted by Gasteiger charge is -2.10. The zero-order chi connectivity index (χ0) is 13.1. The van der Waals surface area contributed by atoms with E-state index >= 15 is 0 Å². The third-order valence-corrected chi connectivity index (χ3v) is 3.52. The lowest BCUT2D eigenvalue weighted by Crippen LogP contribution is -2.02. The van der Waals surface area contributed by atoms with Crippen molar-refractivity contribution in [2.75, 3.05) is 7.05 Å². The number of aliphatic imine (C=N–C) groups is 2. The van der Waals surface area contributed by atoms with E-state index in [0.717, 1.165) is 29.9 Å². The van der Waals surface area contributed by atoms with Gasteiger partial charge in [0.2, 0.25) is 0 Å². The minimum atomic E-state index is 0.412. The quantitative estimate of drug-likeness (QED) is 0.772. The standard InChI is InChI=1S/C13H17ClN4/c1-15-11-10(9-7-5-4-6-8-9)17-18(3)12(11)13(14)16-2/h7H,1,4-6,8H2,2-3H3. The van der Waals surface area contributed by atoms with Crippen LogP contribution in [0.4, 0.5) is 5.69 Å². The fourth-order valence-electron chi connectivity index (χ4n) is 2.27. The Labute approximate surface area is 112 Å². The maximum Gasteiger partial charge on any atom is 0.151 e. The monoisotopic (exact) mass is 264 g/mol. The average molecular weight is 265 g/mol. The fraction of sp³-hybridized carbons (Fsp3) is 0.462. The molecule has 0 unspecified atom stereocenters. The van der Waals surface area contributed by atoms with E-state index in [2.05, 4.69) is 27.9 Å². The van der Waals surface area contributed by atoms with Gasteiger partial charge in [0.1, 0.15) is 17.1 Å². The van der Waals surface area contributed by atoms with Crippen molar-refractivity contribution in [1.82, 2.24) is 9.78 Å². The van der Waals surface area contributed by atoms with E-state index < -0.39 is 0 Å². The van der Waals surface area contributed by atoms with Crippen molar-refractivity contribution in [1.29, 1.82) is 0 Å². The van der Waals surface area contributed by atoms with Crippen LogP contribution in [-0.2, 0) is 7.05 Å². The fourth-order valence-corrected chi connectivity index (χ4v) is 2.48. The summed E-state index contributed by atoms with van der Waals surface area (Å²) in [7, 11) is 3.51. The molecule has 0 aromatic carbocycles. The molecule has 0 saturated heterocycles. The van der Waals surface area contributed by atoms with Crippen LogP contribution in [-0.4, -0.2) is 28.7 Å². The van der Waals surface area contributed by atoms with E-state index in [1.807, 2.05) is 7.05 Å². The van der Waals surface area contributed by atoms with Crippen molar-refractivity contribution in [3.63, 3.8) is 0 Å². The van der Waals surface area contributed by atoms with E-state index in [4.69, 9.17) is 11.6 Å². The Kier molecular flexibility index (Phi) is 3.97. The molecule has 0 radical (unpaired) electrons. The second kappa shape index (κ2) is 5.48. The maximum atomic E-state index is 6.11. The Morgan fingerprint density at radius 2 is 2.28 bits per heavy atom. The third kappa shape index (κ3) is 2.25. The van der Waals surface area contributed by atoms with Gasteiger partial charge in [-0.05, 0) is 38.0 Å². The minimum Gasteiger partial charge on any atom is -0.275 e. The highest BCUT2D eigenvalue weighted by atomic mass is 35.5. The Morgan fingerprint density at radius 3 is 2.83 bits per heavy atom. The summed E-state index contributed by atoms with van der Waals surface area (Å²) in [5, 5.41) is 4.94. The molecule has 2 rings (SSSR count). The van der Waals surface area contributed by atoms with E-state index in [9.17, 15) is 0 Å². The molecule has 4 nitrogen and oxygen atoms in total. The van der Waals surface area contributed by atoms with Crippen molar-refractivity contribution in [2.24, 2.45) is 17.0 Å². The van der Waals surface area contributed by atoms with Crippen molar-refractivity contribution in [2.45, 2.75) is 25.7 Å². The Morgan fingerprint density at radius 1 is 1.50 bits per heavy atom. The topological polar surface area (TPSA) is 42.5 Å². The summed E-state index contributed by atoms with van der Waals surface area (Å²) in [5.41, 5.74) is 3.60. The zero-order valence-electron chi connectivity index (χ0n) is 10.8. The van der Waals surface area contributed by atoms with Gasteiger partial charge in [0.15, 0.2) is 5.17 Å². The summed E-state index contributed by atoms with van der Waals surface area (Å²) >= 11 is 6.11. The molecule has 0 atom stereocenters.